The number of halogens is 1. The van der Waals surface area contributed by atoms with Crippen LogP contribution in [-0.4, -0.2) is 23.6 Å². The molecule has 0 aliphatic rings. The summed E-state index contributed by atoms with van der Waals surface area (Å²) in [5.41, 5.74) is 0.647. The summed E-state index contributed by atoms with van der Waals surface area (Å²) in [6.45, 7) is 2.88. The van der Waals surface area contributed by atoms with Crippen LogP contribution in [0.25, 0.3) is 0 Å². The predicted molar refractivity (Wildman–Crippen MR) is 77.0 cm³/mol. The third-order valence-corrected chi connectivity index (χ3v) is 2.62. The van der Waals surface area contributed by atoms with E-state index in [0.717, 1.165) is 13.0 Å². The summed E-state index contributed by atoms with van der Waals surface area (Å²) in [6, 6.07) is 6.03. The number of hydrogen-bond donors (Lipinski definition) is 2. The lowest BCUT2D eigenvalue weighted by atomic mass is 10.3. The number of benzene rings is 1. The van der Waals surface area contributed by atoms with E-state index in [4.69, 9.17) is 4.74 Å². The highest BCUT2D eigenvalue weighted by Gasteiger charge is 2.06. The Labute approximate surface area is 117 Å². The first kappa shape index (κ1) is 14.0. The van der Waals surface area contributed by atoms with Gasteiger partial charge in [0.05, 0.1) is 12.8 Å². The Hall–Kier alpha value is -2.37. The Morgan fingerprint density at radius 1 is 1.30 bits per heavy atom. The number of ether oxygens (including phenoxy) is 1. The van der Waals surface area contributed by atoms with E-state index in [1.54, 1.807) is 18.3 Å². The van der Waals surface area contributed by atoms with Crippen LogP contribution in [0.15, 0.2) is 30.5 Å². The van der Waals surface area contributed by atoms with Crippen LogP contribution < -0.4 is 15.4 Å². The van der Waals surface area contributed by atoms with Gasteiger partial charge in [-0.05, 0) is 24.6 Å². The van der Waals surface area contributed by atoms with Crippen LogP contribution in [-0.2, 0) is 0 Å². The maximum atomic E-state index is 13.1. The molecule has 0 atom stereocenters. The molecule has 0 radical (unpaired) electrons. The van der Waals surface area contributed by atoms with E-state index in [0.29, 0.717) is 23.2 Å². The number of nitrogens with one attached hydrogen (secondary N) is 2. The molecule has 5 nitrogen and oxygen atoms in total. The molecule has 0 bridgehead atoms. The molecule has 1 aromatic heterocycles. The lowest BCUT2D eigenvalue weighted by Gasteiger charge is -2.11. The molecule has 2 aromatic rings. The fourth-order valence-corrected chi connectivity index (χ4v) is 1.66. The van der Waals surface area contributed by atoms with E-state index in [9.17, 15) is 4.39 Å². The summed E-state index contributed by atoms with van der Waals surface area (Å²) in [7, 11) is 1.49. The van der Waals surface area contributed by atoms with E-state index in [1.165, 1.54) is 19.2 Å². The van der Waals surface area contributed by atoms with Crippen LogP contribution in [0.3, 0.4) is 0 Å². The minimum atomic E-state index is -0.347. The summed E-state index contributed by atoms with van der Waals surface area (Å²) in [6.07, 6.45) is 2.65. The third-order valence-electron chi connectivity index (χ3n) is 2.62. The van der Waals surface area contributed by atoms with Gasteiger partial charge in [-0.15, -0.1) is 0 Å². The maximum Gasteiger partial charge on any atom is 0.224 e. The standard InChI is InChI=1S/C14H17FN4O/c1-3-7-16-14-17-8-6-13(19-14)18-11-5-4-10(15)9-12(11)20-2/h4-6,8-9H,3,7H2,1-2H3,(H2,16,17,18,19). The number of rotatable bonds is 6. The van der Waals surface area contributed by atoms with Crippen LogP contribution in [0.2, 0.25) is 0 Å². The van der Waals surface area contributed by atoms with Crippen molar-refractivity contribution in [1.29, 1.82) is 0 Å². The molecule has 0 fully saturated rings. The quantitative estimate of drug-likeness (QED) is 0.848. The van der Waals surface area contributed by atoms with Gasteiger partial charge >= 0.3 is 0 Å². The summed E-state index contributed by atoms with van der Waals surface area (Å²) >= 11 is 0. The smallest absolute Gasteiger partial charge is 0.224 e. The highest BCUT2D eigenvalue weighted by atomic mass is 19.1. The molecule has 0 saturated heterocycles. The molecular weight excluding hydrogens is 259 g/mol. The van der Waals surface area contributed by atoms with Crippen molar-refractivity contribution in [3.05, 3.63) is 36.3 Å². The number of methoxy groups -OCH3 is 1. The predicted octanol–water partition coefficient (Wildman–Crippen LogP) is 3.19. The third kappa shape index (κ3) is 3.57. The number of anilines is 3. The summed E-state index contributed by atoms with van der Waals surface area (Å²) in [5, 5.41) is 6.19. The minimum absolute atomic E-state index is 0.347. The van der Waals surface area contributed by atoms with Crippen molar-refractivity contribution >= 4 is 17.5 Å². The van der Waals surface area contributed by atoms with Crippen molar-refractivity contribution in [3.8, 4) is 5.75 Å². The minimum Gasteiger partial charge on any atom is -0.494 e. The molecule has 2 N–H and O–H groups in total. The molecule has 0 saturated carbocycles. The summed E-state index contributed by atoms with van der Waals surface area (Å²) < 4.78 is 18.3. The van der Waals surface area contributed by atoms with Gasteiger partial charge in [-0.2, -0.15) is 4.98 Å². The topological polar surface area (TPSA) is 59.1 Å². The zero-order valence-electron chi connectivity index (χ0n) is 11.5. The molecule has 0 unspecified atom stereocenters. The molecule has 106 valence electrons. The first-order valence-corrected chi connectivity index (χ1v) is 6.40. The summed E-state index contributed by atoms with van der Waals surface area (Å²) in [4.78, 5) is 8.44. The number of nitrogens with zero attached hydrogens (tertiary/aromatic N) is 2. The average Bonchev–Trinajstić information content (AvgIpc) is 2.47. The van der Waals surface area contributed by atoms with Crippen molar-refractivity contribution < 1.29 is 9.13 Å². The second-order valence-corrected chi connectivity index (χ2v) is 4.16. The van der Waals surface area contributed by atoms with Gasteiger partial charge < -0.3 is 15.4 Å². The lowest BCUT2D eigenvalue weighted by molar-refractivity contribution is 0.413. The number of hydrogen-bond acceptors (Lipinski definition) is 5. The molecule has 0 amide bonds. The number of aromatic nitrogens is 2. The highest BCUT2D eigenvalue weighted by molar-refractivity contribution is 5.64. The zero-order chi connectivity index (χ0) is 14.4. The normalized spacial score (nSPS) is 10.2. The van der Waals surface area contributed by atoms with Gasteiger partial charge in [-0.1, -0.05) is 6.92 Å². The molecule has 6 heteroatoms. The van der Waals surface area contributed by atoms with Crippen molar-refractivity contribution in [2.45, 2.75) is 13.3 Å². The van der Waals surface area contributed by atoms with E-state index in [1.807, 2.05) is 0 Å². The van der Waals surface area contributed by atoms with Gasteiger partial charge in [0.25, 0.3) is 0 Å². The van der Waals surface area contributed by atoms with Crippen LogP contribution >= 0.6 is 0 Å². The second kappa shape index (κ2) is 6.70. The van der Waals surface area contributed by atoms with E-state index in [-0.39, 0.29) is 5.82 Å². The van der Waals surface area contributed by atoms with Gasteiger partial charge in [0.1, 0.15) is 17.4 Å². The molecule has 1 heterocycles. The Balaban J connectivity index is 2.17. The Bertz CT molecular complexity index is 577. The van der Waals surface area contributed by atoms with Crippen LogP contribution in [0.5, 0.6) is 5.75 Å². The molecule has 0 spiro atoms. The van der Waals surface area contributed by atoms with Gasteiger partial charge in [0.2, 0.25) is 5.95 Å². The Morgan fingerprint density at radius 3 is 2.90 bits per heavy atom. The molecule has 20 heavy (non-hydrogen) atoms. The van der Waals surface area contributed by atoms with Crippen LogP contribution in [0.1, 0.15) is 13.3 Å². The lowest BCUT2D eigenvalue weighted by Crippen LogP contribution is -2.05. The molecular formula is C14H17FN4O. The Kier molecular flexibility index (Phi) is 4.70. The Morgan fingerprint density at radius 2 is 2.15 bits per heavy atom. The molecule has 0 aliphatic carbocycles. The van der Waals surface area contributed by atoms with Crippen LogP contribution in [0.4, 0.5) is 21.8 Å². The fraction of sp³-hybridized carbons (Fsp3) is 0.286. The van der Waals surface area contributed by atoms with Gasteiger partial charge in [0.15, 0.2) is 0 Å². The highest BCUT2D eigenvalue weighted by Crippen LogP contribution is 2.27. The van der Waals surface area contributed by atoms with Crippen molar-refractivity contribution in [3.63, 3.8) is 0 Å². The van der Waals surface area contributed by atoms with Crippen molar-refractivity contribution in [2.24, 2.45) is 0 Å². The van der Waals surface area contributed by atoms with Crippen molar-refractivity contribution in [2.75, 3.05) is 24.3 Å². The van der Waals surface area contributed by atoms with E-state index in [2.05, 4.69) is 27.5 Å². The average molecular weight is 276 g/mol. The maximum absolute atomic E-state index is 13.1. The van der Waals surface area contributed by atoms with E-state index >= 15 is 0 Å². The van der Waals surface area contributed by atoms with E-state index < -0.39 is 0 Å². The van der Waals surface area contributed by atoms with Crippen molar-refractivity contribution in [1.82, 2.24) is 9.97 Å². The first-order valence-electron chi connectivity index (χ1n) is 6.40. The monoisotopic (exact) mass is 276 g/mol. The summed E-state index contributed by atoms with van der Waals surface area (Å²) in [5.74, 6) is 1.24. The largest absolute Gasteiger partial charge is 0.494 e. The van der Waals surface area contributed by atoms with Gasteiger partial charge in [-0.3, -0.25) is 0 Å². The molecule has 0 aliphatic heterocycles. The zero-order valence-corrected chi connectivity index (χ0v) is 11.5. The van der Waals surface area contributed by atoms with Gasteiger partial charge in [-0.25, -0.2) is 9.37 Å². The first-order chi connectivity index (χ1) is 9.72. The van der Waals surface area contributed by atoms with Gasteiger partial charge in [0, 0.05) is 18.8 Å². The SMILES string of the molecule is CCCNc1nccc(Nc2ccc(F)cc2OC)n1. The van der Waals surface area contributed by atoms with Crippen LogP contribution in [0, 0.1) is 5.82 Å². The second-order valence-electron chi connectivity index (χ2n) is 4.16. The molecule has 1 aromatic carbocycles. The fourth-order valence-electron chi connectivity index (χ4n) is 1.66. The molecule has 2 rings (SSSR count).